The van der Waals surface area contributed by atoms with Gasteiger partial charge >= 0.3 is 0 Å². The molecular formula is C13H20N2O3. The van der Waals surface area contributed by atoms with Crippen molar-refractivity contribution in [1.82, 2.24) is 0 Å². The van der Waals surface area contributed by atoms with E-state index >= 15 is 0 Å². The van der Waals surface area contributed by atoms with Crippen LogP contribution in [0.5, 0.6) is 0 Å². The van der Waals surface area contributed by atoms with Gasteiger partial charge in [0.05, 0.1) is 19.3 Å². The van der Waals surface area contributed by atoms with Gasteiger partial charge in [0.15, 0.2) is 0 Å². The molecule has 0 fully saturated rings. The first-order valence-electron chi connectivity index (χ1n) is 5.92. The molecule has 0 bridgehead atoms. The molecule has 1 atom stereocenters. The molecule has 0 spiro atoms. The Hall–Kier alpha value is -1.59. The highest BCUT2D eigenvalue weighted by molar-refractivity contribution is 5.93. The van der Waals surface area contributed by atoms with Gasteiger partial charge in [-0.3, -0.25) is 4.79 Å². The van der Waals surface area contributed by atoms with Crippen LogP contribution in [0.1, 0.15) is 29.8 Å². The maximum Gasteiger partial charge on any atom is 0.248 e. The minimum atomic E-state index is -0.487. The summed E-state index contributed by atoms with van der Waals surface area (Å²) in [5, 5.41) is 0. The molecule has 1 aromatic carbocycles. The number of hydrogen-bond acceptors (Lipinski definition) is 4. The molecule has 1 aromatic rings. The summed E-state index contributed by atoms with van der Waals surface area (Å²) in [5.74, 6) is -0.487. The third-order valence-corrected chi connectivity index (χ3v) is 2.51. The van der Waals surface area contributed by atoms with Crippen molar-refractivity contribution in [2.75, 3.05) is 18.9 Å². The van der Waals surface area contributed by atoms with E-state index in [1.165, 1.54) is 0 Å². The normalized spacial score (nSPS) is 12.3. The summed E-state index contributed by atoms with van der Waals surface area (Å²) >= 11 is 0. The first kappa shape index (κ1) is 14.5. The standard InChI is InChI=1S/C13H20N2O3/c1-3-17-7-9(2)18-8-11-5-4-10(13(15)16)6-12(11)14/h4-6,9H,3,7-8,14H2,1-2H3,(H2,15,16). The fourth-order valence-electron chi connectivity index (χ4n) is 1.44. The van der Waals surface area contributed by atoms with Crippen LogP contribution in [-0.4, -0.2) is 25.2 Å². The number of hydrogen-bond donors (Lipinski definition) is 2. The number of nitrogens with two attached hydrogens (primary N) is 2. The van der Waals surface area contributed by atoms with E-state index in [2.05, 4.69) is 0 Å². The Balaban J connectivity index is 2.55. The second kappa shape index (κ2) is 6.98. The van der Waals surface area contributed by atoms with Gasteiger partial charge in [-0.2, -0.15) is 0 Å². The third-order valence-electron chi connectivity index (χ3n) is 2.51. The molecule has 4 N–H and O–H groups in total. The van der Waals surface area contributed by atoms with Crippen LogP contribution in [0.4, 0.5) is 5.69 Å². The van der Waals surface area contributed by atoms with Crippen molar-refractivity contribution in [1.29, 1.82) is 0 Å². The highest BCUT2D eigenvalue weighted by Crippen LogP contribution is 2.16. The number of carbonyl (C=O) groups excluding carboxylic acids is 1. The predicted octanol–water partition coefficient (Wildman–Crippen LogP) is 1.31. The zero-order valence-corrected chi connectivity index (χ0v) is 10.8. The lowest BCUT2D eigenvalue weighted by Gasteiger charge is -2.14. The second-order valence-corrected chi connectivity index (χ2v) is 4.06. The summed E-state index contributed by atoms with van der Waals surface area (Å²) < 4.78 is 10.8. The SMILES string of the molecule is CCOCC(C)OCc1ccc(C(N)=O)cc1N. The number of rotatable bonds is 7. The first-order valence-corrected chi connectivity index (χ1v) is 5.92. The summed E-state index contributed by atoms with van der Waals surface area (Å²) in [4.78, 5) is 11.0. The molecule has 1 unspecified atom stereocenters. The highest BCUT2D eigenvalue weighted by Gasteiger charge is 2.07. The first-order chi connectivity index (χ1) is 8.54. The number of anilines is 1. The Bertz CT molecular complexity index is 407. The lowest BCUT2D eigenvalue weighted by molar-refractivity contribution is -0.0114. The van der Waals surface area contributed by atoms with Gasteiger partial charge in [0, 0.05) is 23.4 Å². The van der Waals surface area contributed by atoms with E-state index in [9.17, 15) is 4.79 Å². The fraction of sp³-hybridized carbons (Fsp3) is 0.462. The second-order valence-electron chi connectivity index (χ2n) is 4.06. The number of nitrogen functional groups attached to an aromatic ring is 1. The Morgan fingerprint density at radius 1 is 1.44 bits per heavy atom. The Labute approximate surface area is 107 Å². The molecule has 0 aromatic heterocycles. The van der Waals surface area contributed by atoms with Crippen molar-refractivity contribution in [3.8, 4) is 0 Å². The van der Waals surface area contributed by atoms with E-state index in [0.29, 0.717) is 31.1 Å². The van der Waals surface area contributed by atoms with Gasteiger partial charge in [-0.15, -0.1) is 0 Å². The summed E-state index contributed by atoms with van der Waals surface area (Å²) in [6, 6.07) is 4.96. The molecule has 100 valence electrons. The zero-order valence-electron chi connectivity index (χ0n) is 10.8. The van der Waals surface area contributed by atoms with E-state index in [4.69, 9.17) is 20.9 Å². The molecule has 1 rings (SSSR count). The molecule has 0 aliphatic heterocycles. The quantitative estimate of drug-likeness (QED) is 0.716. The third kappa shape index (κ3) is 4.35. The lowest BCUT2D eigenvalue weighted by atomic mass is 10.1. The minimum Gasteiger partial charge on any atom is -0.398 e. The predicted molar refractivity (Wildman–Crippen MR) is 70.1 cm³/mol. The molecule has 0 aliphatic rings. The average Bonchev–Trinajstić information content (AvgIpc) is 2.34. The molecule has 5 nitrogen and oxygen atoms in total. The molecule has 0 saturated heterocycles. The Kier molecular flexibility index (Phi) is 5.61. The van der Waals surface area contributed by atoms with Gasteiger partial charge in [0.25, 0.3) is 0 Å². The number of primary amides is 1. The molecular weight excluding hydrogens is 232 g/mol. The van der Waals surface area contributed by atoms with Gasteiger partial charge in [0.2, 0.25) is 5.91 Å². The van der Waals surface area contributed by atoms with Crippen molar-refractivity contribution in [2.45, 2.75) is 26.6 Å². The van der Waals surface area contributed by atoms with Crippen molar-refractivity contribution in [3.05, 3.63) is 29.3 Å². The number of carbonyl (C=O) groups is 1. The molecule has 5 heteroatoms. The molecule has 0 radical (unpaired) electrons. The summed E-state index contributed by atoms with van der Waals surface area (Å²) in [7, 11) is 0. The fourth-order valence-corrected chi connectivity index (χ4v) is 1.44. The maximum atomic E-state index is 11.0. The zero-order chi connectivity index (χ0) is 13.5. The van der Waals surface area contributed by atoms with Crippen LogP contribution in [0.2, 0.25) is 0 Å². The van der Waals surface area contributed by atoms with Crippen LogP contribution >= 0.6 is 0 Å². The number of ether oxygens (including phenoxy) is 2. The largest absolute Gasteiger partial charge is 0.398 e. The van der Waals surface area contributed by atoms with E-state index in [0.717, 1.165) is 5.56 Å². The molecule has 1 amide bonds. The van der Waals surface area contributed by atoms with Gasteiger partial charge < -0.3 is 20.9 Å². The minimum absolute atomic E-state index is 0.000155. The van der Waals surface area contributed by atoms with Crippen molar-refractivity contribution < 1.29 is 14.3 Å². The van der Waals surface area contributed by atoms with Crippen LogP contribution < -0.4 is 11.5 Å². The van der Waals surface area contributed by atoms with Crippen molar-refractivity contribution in [2.24, 2.45) is 5.73 Å². The van der Waals surface area contributed by atoms with E-state index in [-0.39, 0.29) is 6.10 Å². The topological polar surface area (TPSA) is 87.6 Å². The molecule has 0 heterocycles. The maximum absolute atomic E-state index is 11.0. The summed E-state index contributed by atoms with van der Waals surface area (Å²) in [6.07, 6.45) is 0.000155. The van der Waals surface area contributed by atoms with Gasteiger partial charge in [-0.25, -0.2) is 0 Å². The summed E-state index contributed by atoms with van der Waals surface area (Å²) in [6.45, 7) is 5.48. The van der Waals surface area contributed by atoms with Gasteiger partial charge in [-0.1, -0.05) is 6.07 Å². The molecule has 0 aliphatic carbocycles. The Morgan fingerprint density at radius 2 is 2.17 bits per heavy atom. The van der Waals surface area contributed by atoms with E-state index < -0.39 is 5.91 Å². The number of amides is 1. The lowest BCUT2D eigenvalue weighted by Crippen LogP contribution is -2.16. The van der Waals surface area contributed by atoms with Crippen LogP contribution in [0.25, 0.3) is 0 Å². The molecule has 0 saturated carbocycles. The smallest absolute Gasteiger partial charge is 0.248 e. The Morgan fingerprint density at radius 3 is 2.72 bits per heavy atom. The average molecular weight is 252 g/mol. The van der Waals surface area contributed by atoms with E-state index in [1.54, 1.807) is 18.2 Å². The number of benzene rings is 1. The van der Waals surface area contributed by atoms with Crippen LogP contribution in [-0.2, 0) is 16.1 Å². The summed E-state index contributed by atoms with van der Waals surface area (Å²) in [5.41, 5.74) is 12.7. The van der Waals surface area contributed by atoms with Crippen LogP contribution in [0.15, 0.2) is 18.2 Å². The van der Waals surface area contributed by atoms with Gasteiger partial charge in [0.1, 0.15) is 0 Å². The molecule has 18 heavy (non-hydrogen) atoms. The van der Waals surface area contributed by atoms with Crippen molar-refractivity contribution >= 4 is 11.6 Å². The van der Waals surface area contributed by atoms with Crippen molar-refractivity contribution in [3.63, 3.8) is 0 Å². The van der Waals surface area contributed by atoms with Crippen LogP contribution in [0, 0.1) is 0 Å². The monoisotopic (exact) mass is 252 g/mol. The van der Waals surface area contributed by atoms with Crippen LogP contribution in [0.3, 0.4) is 0 Å². The van der Waals surface area contributed by atoms with E-state index in [1.807, 2.05) is 13.8 Å². The highest BCUT2D eigenvalue weighted by atomic mass is 16.5. The van der Waals surface area contributed by atoms with Gasteiger partial charge in [-0.05, 0) is 26.0 Å².